The Hall–Kier alpha value is -1.11. The lowest BCUT2D eigenvalue weighted by Crippen LogP contribution is -2.27. The molecule has 2 N–H and O–H groups in total. The first-order chi connectivity index (χ1) is 6.97. The first-order valence-electron chi connectivity index (χ1n) is 4.60. The lowest BCUT2D eigenvalue weighted by atomic mass is 10.3. The second-order valence-corrected chi connectivity index (χ2v) is 5.81. The summed E-state index contributed by atoms with van der Waals surface area (Å²) in [5.74, 6) is 0.922. The summed E-state index contributed by atoms with van der Waals surface area (Å²) < 4.78 is 0.101. The van der Waals surface area contributed by atoms with Gasteiger partial charge < -0.3 is 5.32 Å². The molecule has 0 aromatic carbocycles. The molecule has 0 radical (unpaired) electrons. The van der Waals surface area contributed by atoms with Crippen LogP contribution in [0.4, 0.5) is 0 Å². The number of nitrogens with zero attached hydrogens (tertiary/aromatic N) is 3. The number of aromatic nitrogens is 4. The van der Waals surface area contributed by atoms with E-state index in [2.05, 4.69) is 46.7 Å². The van der Waals surface area contributed by atoms with E-state index < -0.39 is 0 Å². The van der Waals surface area contributed by atoms with E-state index in [1.54, 1.807) is 11.8 Å². The van der Waals surface area contributed by atoms with Crippen LogP contribution < -0.4 is 5.32 Å². The highest BCUT2D eigenvalue weighted by Gasteiger charge is 2.13. The Balaban J connectivity index is 2.20. The number of rotatable bonds is 4. The number of H-pyrrole nitrogens is 1. The average molecular weight is 229 g/mol. The smallest absolute Gasteiger partial charge is 0.230 e. The lowest BCUT2D eigenvalue weighted by Gasteiger charge is -2.16. The van der Waals surface area contributed by atoms with Crippen LogP contribution in [-0.2, 0) is 11.3 Å². The maximum Gasteiger partial charge on any atom is 0.230 e. The minimum absolute atomic E-state index is 0.0141. The molecule has 15 heavy (non-hydrogen) atoms. The molecule has 0 aliphatic carbocycles. The molecule has 0 fully saturated rings. The number of hydrogen-bond acceptors (Lipinski definition) is 5. The van der Waals surface area contributed by atoms with Gasteiger partial charge >= 0.3 is 0 Å². The normalized spacial score (nSPS) is 11.4. The zero-order valence-corrected chi connectivity index (χ0v) is 9.89. The van der Waals surface area contributed by atoms with Crippen LogP contribution in [0.15, 0.2) is 0 Å². The number of amides is 1. The van der Waals surface area contributed by atoms with Gasteiger partial charge in [0, 0.05) is 4.75 Å². The number of hydrogen-bond donors (Lipinski definition) is 2. The molecule has 6 nitrogen and oxygen atoms in total. The number of carbonyl (C=O) groups is 1. The van der Waals surface area contributed by atoms with Gasteiger partial charge in [-0.25, -0.2) is 0 Å². The summed E-state index contributed by atoms with van der Waals surface area (Å²) in [7, 11) is 0. The van der Waals surface area contributed by atoms with Crippen molar-refractivity contribution in [2.24, 2.45) is 0 Å². The lowest BCUT2D eigenvalue weighted by molar-refractivity contribution is -0.118. The molecule has 0 aliphatic rings. The van der Waals surface area contributed by atoms with Gasteiger partial charge in [0.1, 0.15) is 0 Å². The van der Waals surface area contributed by atoms with E-state index >= 15 is 0 Å². The minimum atomic E-state index is -0.0141. The topological polar surface area (TPSA) is 83.6 Å². The number of tetrazole rings is 1. The molecule has 0 spiro atoms. The predicted octanol–water partition coefficient (Wildman–Crippen LogP) is 0.348. The van der Waals surface area contributed by atoms with Crippen LogP contribution in [-0.4, -0.2) is 37.0 Å². The zero-order chi connectivity index (χ0) is 11.3. The Morgan fingerprint density at radius 3 is 2.80 bits per heavy atom. The van der Waals surface area contributed by atoms with Crippen LogP contribution in [0.3, 0.4) is 0 Å². The van der Waals surface area contributed by atoms with E-state index in [0.29, 0.717) is 18.1 Å². The van der Waals surface area contributed by atoms with Crippen LogP contribution in [0.5, 0.6) is 0 Å². The van der Waals surface area contributed by atoms with E-state index in [4.69, 9.17) is 0 Å². The maximum absolute atomic E-state index is 11.4. The van der Waals surface area contributed by atoms with Crippen LogP contribution in [0.2, 0.25) is 0 Å². The van der Waals surface area contributed by atoms with Gasteiger partial charge in [-0.3, -0.25) is 4.79 Å². The van der Waals surface area contributed by atoms with Gasteiger partial charge in [-0.2, -0.15) is 5.21 Å². The van der Waals surface area contributed by atoms with Gasteiger partial charge in [0.2, 0.25) is 5.91 Å². The van der Waals surface area contributed by atoms with Crippen LogP contribution in [0.25, 0.3) is 0 Å². The Kier molecular flexibility index (Phi) is 4.07. The Morgan fingerprint density at radius 2 is 2.27 bits per heavy atom. The maximum atomic E-state index is 11.4. The number of carbonyl (C=O) groups excluding carboxylic acids is 1. The van der Waals surface area contributed by atoms with E-state index in [1.807, 2.05) is 0 Å². The highest BCUT2D eigenvalue weighted by Crippen LogP contribution is 2.22. The van der Waals surface area contributed by atoms with Gasteiger partial charge in [0.05, 0.1) is 12.3 Å². The molecule has 1 heterocycles. The fraction of sp³-hybridized carbons (Fsp3) is 0.750. The quantitative estimate of drug-likeness (QED) is 0.778. The summed E-state index contributed by atoms with van der Waals surface area (Å²) in [4.78, 5) is 11.4. The molecule has 0 unspecified atom stereocenters. The summed E-state index contributed by atoms with van der Waals surface area (Å²) in [6.45, 7) is 6.54. The van der Waals surface area contributed by atoms with E-state index in [0.717, 1.165) is 0 Å². The van der Waals surface area contributed by atoms with E-state index in [1.165, 1.54) is 0 Å². The third kappa shape index (κ3) is 5.36. The summed E-state index contributed by atoms with van der Waals surface area (Å²) in [6.07, 6.45) is 0. The van der Waals surface area contributed by atoms with Crippen molar-refractivity contribution in [3.8, 4) is 0 Å². The van der Waals surface area contributed by atoms with E-state index in [9.17, 15) is 4.79 Å². The molecule has 84 valence electrons. The molecule has 1 rings (SSSR count). The fourth-order valence-electron chi connectivity index (χ4n) is 0.768. The van der Waals surface area contributed by atoms with Crippen molar-refractivity contribution in [2.75, 3.05) is 5.75 Å². The monoisotopic (exact) mass is 229 g/mol. The second-order valence-electron chi connectivity index (χ2n) is 4.01. The van der Waals surface area contributed by atoms with Crippen LogP contribution in [0, 0.1) is 0 Å². The van der Waals surface area contributed by atoms with Crippen molar-refractivity contribution in [2.45, 2.75) is 32.1 Å². The SMILES string of the molecule is CC(C)(C)SCC(=O)NCc1nn[nH]n1. The van der Waals surface area contributed by atoms with Gasteiger partial charge in [-0.05, 0) is 0 Å². The Bertz CT molecular complexity index is 305. The number of thioether (sulfide) groups is 1. The third-order valence-electron chi connectivity index (χ3n) is 1.47. The average Bonchev–Trinajstić information content (AvgIpc) is 2.62. The van der Waals surface area contributed by atoms with Crippen molar-refractivity contribution in [3.05, 3.63) is 5.82 Å². The Labute approximate surface area is 92.6 Å². The first kappa shape index (κ1) is 12.0. The van der Waals surface area contributed by atoms with Crippen molar-refractivity contribution >= 4 is 17.7 Å². The van der Waals surface area contributed by atoms with Crippen molar-refractivity contribution in [1.82, 2.24) is 25.9 Å². The van der Waals surface area contributed by atoms with E-state index in [-0.39, 0.29) is 10.7 Å². The molecule has 0 atom stereocenters. The minimum Gasteiger partial charge on any atom is -0.348 e. The summed E-state index contributed by atoms with van der Waals surface area (Å²) in [5, 5.41) is 15.9. The van der Waals surface area contributed by atoms with Crippen LogP contribution >= 0.6 is 11.8 Å². The van der Waals surface area contributed by atoms with Gasteiger partial charge in [-0.1, -0.05) is 26.0 Å². The number of aromatic amines is 1. The molecule has 1 aromatic rings. The molecule has 7 heteroatoms. The van der Waals surface area contributed by atoms with Crippen molar-refractivity contribution in [1.29, 1.82) is 0 Å². The second kappa shape index (κ2) is 5.11. The highest BCUT2D eigenvalue weighted by atomic mass is 32.2. The molecule has 1 aromatic heterocycles. The van der Waals surface area contributed by atoms with Crippen LogP contribution in [0.1, 0.15) is 26.6 Å². The molecule has 0 bridgehead atoms. The highest BCUT2D eigenvalue weighted by molar-refractivity contribution is 8.01. The molecule has 0 saturated heterocycles. The fourth-order valence-corrected chi connectivity index (χ4v) is 1.43. The zero-order valence-electron chi connectivity index (χ0n) is 9.07. The van der Waals surface area contributed by atoms with Gasteiger partial charge in [0.15, 0.2) is 5.82 Å². The summed E-state index contributed by atoms with van der Waals surface area (Å²) >= 11 is 1.60. The summed E-state index contributed by atoms with van der Waals surface area (Å²) in [5.41, 5.74) is 0. The third-order valence-corrected chi connectivity index (χ3v) is 2.74. The molecular weight excluding hydrogens is 214 g/mol. The Morgan fingerprint density at radius 1 is 1.53 bits per heavy atom. The van der Waals surface area contributed by atoms with Crippen molar-refractivity contribution < 1.29 is 4.79 Å². The predicted molar refractivity (Wildman–Crippen MR) is 58.2 cm³/mol. The standard InChI is InChI=1S/C8H15N5OS/c1-8(2,3)15-5-7(14)9-4-6-10-12-13-11-6/h4-5H2,1-3H3,(H,9,14)(H,10,11,12,13). The molecular formula is C8H15N5OS. The molecule has 1 amide bonds. The van der Waals surface area contributed by atoms with Crippen molar-refractivity contribution in [3.63, 3.8) is 0 Å². The van der Waals surface area contributed by atoms with Gasteiger partial charge in [-0.15, -0.1) is 22.0 Å². The number of nitrogens with one attached hydrogen (secondary N) is 2. The molecule has 0 saturated carbocycles. The largest absolute Gasteiger partial charge is 0.348 e. The first-order valence-corrected chi connectivity index (χ1v) is 5.59. The molecule has 0 aliphatic heterocycles. The van der Waals surface area contributed by atoms with Gasteiger partial charge in [0.25, 0.3) is 0 Å². The summed E-state index contributed by atoms with van der Waals surface area (Å²) in [6, 6.07) is 0.